The largest absolute Gasteiger partial charge is 0.480 e. The van der Waals surface area contributed by atoms with Crippen molar-refractivity contribution in [2.45, 2.75) is 42.9 Å². The molecule has 1 aliphatic rings. The average Bonchev–Trinajstić information content (AvgIpc) is 3.02. The number of carboxylic acids is 1. The molecule has 1 atom stereocenters. The maximum Gasteiger partial charge on any atom is 0.323 e. The van der Waals surface area contributed by atoms with Crippen LogP contribution in [-0.4, -0.2) is 43.2 Å². The van der Waals surface area contributed by atoms with Gasteiger partial charge >= 0.3 is 5.97 Å². The van der Waals surface area contributed by atoms with Gasteiger partial charge in [0.15, 0.2) is 5.16 Å². The molecule has 1 aromatic rings. The Balaban J connectivity index is 1.85. The Kier molecular flexibility index (Phi) is 3.91. The molecular formula is C11H18N4O2S. The van der Waals surface area contributed by atoms with Crippen LogP contribution in [0.1, 0.15) is 26.2 Å². The van der Waals surface area contributed by atoms with Gasteiger partial charge in [0.1, 0.15) is 11.9 Å². The second-order valence-corrected chi connectivity index (χ2v) is 5.88. The Morgan fingerprint density at radius 3 is 2.94 bits per heavy atom. The van der Waals surface area contributed by atoms with Crippen molar-refractivity contribution in [2.24, 2.45) is 7.05 Å². The quantitative estimate of drug-likeness (QED) is 0.716. The van der Waals surface area contributed by atoms with E-state index in [0.29, 0.717) is 18.2 Å². The molecule has 1 aromatic heterocycles. The molecule has 18 heavy (non-hydrogen) atoms. The third-order valence-electron chi connectivity index (χ3n) is 3.08. The summed E-state index contributed by atoms with van der Waals surface area (Å²) >= 11 is 1.53. The zero-order chi connectivity index (χ0) is 13.2. The maximum absolute atomic E-state index is 11.3. The van der Waals surface area contributed by atoms with Crippen LogP contribution in [0.5, 0.6) is 0 Å². The van der Waals surface area contributed by atoms with Crippen molar-refractivity contribution in [3.63, 3.8) is 0 Å². The number of aliphatic carboxylic acids is 1. The summed E-state index contributed by atoms with van der Waals surface area (Å²) in [6.07, 6.45) is 4.23. The smallest absolute Gasteiger partial charge is 0.323 e. The van der Waals surface area contributed by atoms with Crippen LogP contribution in [0.25, 0.3) is 0 Å². The van der Waals surface area contributed by atoms with Crippen molar-refractivity contribution in [1.82, 2.24) is 20.1 Å². The van der Waals surface area contributed by atoms with Crippen LogP contribution in [-0.2, 0) is 11.8 Å². The summed E-state index contributed by atoms with van der Waals surface area (Å²) in [5.41, 5.74) is -0.841. The van der Waals surface area contributed by atoms with Gasteiger partial charge in [0.05, 0.1) is 0 Å². The molecule has 0 bridgehead atoms. The Labute approximate surface area is 110 Å². The van der Waals surface area contributed by atoms with E-state index >= 15 is 0 Å². The first-order valence-corrected chi connectivity index (χ1v) is 6.98. The molecule has 0 aromatic carbocycles. The van der Waals surface area contributed by atoms with Gasteiger partial charge in [-0.1, -0.05) is 11.8 Å². The second kappa shape index (κ2) is 5.27. The molecular weight excluding hydrogens is 252 g/mol. The summed E-state index contributed by atoms with van der Waals surface area (Å²) in [5, 5.41) is 17.3. The van der Waals surface area contributed by atoms with Crippen molar-refractivity contribution in [3.05, 3.63) is 6.33 Å². The van der Waals surface area contributed by atoms with Crippen LogP contribution in [0.2, 0.25) is 0 Å². The standard InChI is InChI=1S/C11H18N4O2S/c1-11(9(16)17,14-8-3-4-8)5-6-18-10-12-7-13-15(10)2/h7-8,14H,3-6H2,1-2H3,(H,16,17). The van der Waals surface area contributed by atoms with E-state index in [4.69, 9.17) is 0 Å². The Bertz CT molecular complexity index is 432. The molecule has 7 heteroatoms. The van der Waals surface area contributed by atoms with Gasteiger partial charge in [0.2, 0.25) is 0 Å². The van der Waals surface area contributed by atoms with Crippen LogP contribution in [0.15, 0.2) is 11.5 Å². The maximum atomic E-state index is 11.3. The van der Waals surface area contributed by atoms with Crippen LogP contribution in [0.4, 0.5) is 0 Å². The minimum absolute atomic E-state index is 0.380. The van der Waals surface area contributed by atoms with Crippen molar-refractivity contribution in [2.75, 3.05) is 5.75 Å². The first-order valence-electron chi connectivity index (χ1n) is 5.99. The van der Waals surface area contributed by atoms with Gasteiger partial charge in [-0.25, -0.2) is 9.67 Å². The number of carbonyl (C=O) groups is 1. The summed E-state index contributed by atoms with van der Waals surface area (Å²) < 4.78 is 1.69. The third kappa shape index (κ3) is 3.23. The Morgan fingerprint density at radius 1 is 1.72 bits per heavy atom. The van der Waals surface area contributed by atoms with E-state index in [-0.39, 0.29) is 0 Å². The molecule has 1 aliphatic carbocycles. The molecule has 1 fully saturated rings. The van der Waals surface area contributed by atoms with E-state index in [1.807, 2.05) is 7.05 Å². The SMILES string of the molecule is Cn1ncnc1SCCC(C)(NC1CC1)C(=O)O. The average molecular weight is 270 g/mol. The topological polar surface area (TPSA) is 80.0 Å². The Hall–Kier alpha value is -1.08. The number of hydrogen-bond donors (Lipinski definition) is 2. The van der Waals surface area contributed by atoms with Crippen LogP contribution in [0, 0.1) is 0 Å². The van der Waals surface area contributed by atoms with E-state index < -0.39 is 11.5 Å². The summed E-state index contributed by atoms with van der Waals surface area (Å²) in [6, 6.07) is 0.380. The lowest BCUT2D eigenvalue weighted by molar-refractivity contribution is -0.144. The summed E-state index contributed by atoms with van der Waals surface area (Å²) in [4.78, 5) is 15.4. The highest BCUT2D eigenvalue weighted by atomic mass is 32.2. The lowest BCUT2D eigenvalue weighted by Gasteiger charge is -2.26. The zero-order valence-corrected chi connectivity index (χ0v) is 11.4. The van der Waals surface area contributed by atoms with Crippen molar-refractivity contribution in [3.8, 4) is 0 Å². The van der Waals surface area contributed by atoms with Gasteiger partial charge in [-0.15, -0.1) is 0 Å². The third-order valence-corrected chi connectivity index (χ3v) is 4.11. The summed E-state index contributed by atoms with van der Waals surface area (Å²) in [7, 11) is 1.83. The highest BCUT2D eigenvalue weighted by Crippen LogP contribution is 2.26. The number of nitrogens with one attached hydrogen (secondary N) is 1. The number of aromatic nitrogens is 3. The highest BCUT2D eigenvalue weighted by Gasteiger charge is 2.38. The highest BCUT2D eigenvalue weighted by molar-refractivity contribution is 7.99. The van der Waals surface area contributed by atoms with Crippen LogP contribution in [0.3, 0.4) is 0 Å². The number of rotatable bonds is 7. The van der Waals surface area contributed by atoms with E-state index in [9.17, 15) is 9.90 Å². The monoisotopic (exact) mass is 270 g/mol. The second-order valence-electron chi connectivity index (χ2n) is 4.82. The van der Waals surface area contributed by atoms with Gasteiger partial charge in [-0.2, -0.15) is 5.10 Å². The Morgan fingerprint density at radius 2 is 2.44 bits per heavy atom. The fourth-order valence-corrected chi connectivity index (χ4v) is 2.73. The van der Waals surface area contributed by atoms with Gasteiger partial charge in [-0.3, -0.25) is 10.1 Å². The van der Waals surface area contributed by atoms with E-state index in [1.54, 1.807) is 11.6 Å². The summed E-state index contributed by atoms with van der Waals surface area (Å²) in [6.45, 7) is 1.75. The number of hydrogen-bond acceptors (Lipinski definition) is 5. The number of aryl methyl sites for hydroxylation is 1. The minimum Gasteiger partial charge on any atom is -0.480 e. The molecule has 0 amide bonds. The van der Waals surface area contributed by atoms with Crippen LogP contribution >= 0.6 is 11.8 Å². The van der Waals surface area contributed by atoms with E-state index in [1.165, 1.54) is 18.1 Å². The van der Waals surface area contributed by atoms with Crippen molar-refractivity contribution >= 4 is 17.7 Å². The molecule has 100 valence electrons. The first-order chi connectivity index (χ1) is 8.51. The minimum atomic E-state index is -0.841. The lowest BCUT2D eigenvalue weighted by atomic mass is 9.99. The fourth-order valence-electron chi connectivity index (χ4n) is 1.68. The molecule has 0 spiro atoms. The molecule has 1 heterocycles. The zero-order valence-electron chi connectivity index (χ0n) is 10.6. The predicted octanol–water partition coefficient (Wildman–Crippen LogP) is 0.893. The molecule has 1 saturated carbocycles. The van der Waals surface area contributed by atoms with E-state index in [2.05, 4.69) is 15.4 Å². The van der Waals surface area contributed by atoms with E-state index in [0.717, 1.165) is 18.0 Å². The van der Waals surface area contributed by atoms with Gasteiger partial charge < -0.3 is 5.11 Å². The summed E-state index contributed by atoms with van der Waals surface area (Å²) in [5.74, 6) is -0.0809. The number of nitrogens with zero attached hydrogens (tertiary/aromatic N) is 3. The lowest BCUT2D eigenvalue weighted by Crippen LogP contribution is -2.51. The normalized spacial score (nSPS) is 18.6. The van der Waals surface area contributed by atoms with Gasteiger partial charge in [0, 0.05) is 18.8 Å². The fraction of sp³-hybridized carbons (Fsp3) is 0.727. The molecule has 6 nitrogen and oxygen atoms in total. The van der Waals surface area contributed by atoms with Gasteiger partial charge in [-0.05, 0) is 26.2 Å². The molecule has 0 radical (unpaired) electrons. The van der Waals surface area contributed by atoms with Crippen molar-refractivity contribution < 1.29 is 9.90 Å². The number of carboxylic acid groups (broad SMARTS) is 1. The molecule has 2 N–H and O–H groups in total. The molecule has 1 unspecified atom stereocenters. The van der Waals surface area contributed by atoms with Crippen molar-refractivity contribution in [1.29, 1.82) is 0 Å². The first kappa shape index (κ1) is 13.4. The molecule has 0 saturated heterocycles. The number of thioether (sulfide) groups is 1. The van der Waals surface area contributed by atoms with Gasteiger partial charge in [0.25, 0.3) is 0 Å². The van der Waals surface area contributed by atoms with Crippen LogP contribution < -0.4 is 5.32 Å². The molecule has 0 aliphatic heterocycles. The predicted molar refractivity (Wildman–Crippen MR) is 68.5 cm³/mol. The molecule has 2 rings (SSSR count).